The first kappa shape index (κ1) is 16.5. The molecule has 2 atom stereocenters. The molecule has 1 aliphatic heterocycles. The third-order valence-electron chi connectivity index (χ3n) is 4.47. The van der Waals surface area contributed by atoms with Crippen molar-refractivity contribution in [3.63, 3.8) is 0 Å². The van der Waals surface area contributed by atoms with Gasteiger partial charge in [0.05, 0.1) is 0 Å². The molecule has 1 amide bonds. The summed E-state index contributed by atoms with van der Waals surface area (Å²) in [6, 6.07) is 9.05. The van der Waals surface area contributed by atoms with E-state index in [2.05, 4.69) is 0 Å². The van der Waals surface area contributed by atoms with Gasteiger partial charge in [-0.25, -0.2) is 4.79 Å². The zero-order valence-corrected chi connectivity index (χ0v) is 14.2. The smallest absolute Gasteiger partial charge is 0.334 e. The molecule has 1 aromatic rings. The lowest BCUT2D eigenvalue weighted by atomic mass is 9.84. The second kappa shape index (κ2) is 5.41. The summed E-state index contributed by atoms with van der Waals surface area (Å²) in [6.07, 6.45) is -0.569. The maximum atomic E-state index is 13.1. The van der Waals surface area contributed by atoms with Gasteiger partial charge in [0, 0.05) is 11.0 Å². The third kappa shape index (κ3) is 2.51. The molecule has 2 rings (SSSR count). The standard InChI is InChI=1S/C18H25NO3/c1-12(2)18(6)16(21)22-15(17(3,4)5)19(18)14(20)13-10-8-7-9-11-13/h7-12,15H,1-6H3. The van der Waals surface area contributed by atoms with Gasteiger partial charge in [0.25, 0.3) is 5.91 Å². The highest BCUT2D eigenvalue weighted by molar-refractivity contribution is 5.99. The van der Waals surface area contributed by atoms with E-state index in [9.17, 15) is 9.59 Å². The van der Waals surface area contributed by atoms with E-state index < -0.39 is 11.8 Å². The Labute approximate surface area is 132 Å². The number of cyclic esters (lactones) is 1. The average molecular weight is 303 g/mol. The average Bonchev–Trinajstić information content (AvgIpc) is 2.73. The van der Waals surface area contributed by atoms with Gasteiger partial charge in [-0.3, -0.25) is 9.69 Å². The van der Waals surface area contributed by atoms with Crippen molar-refractivity contribution in [2.75, 3.05) is 0 Å². The van der Waals surface area contributed by atoms with E-state index in [1.165, 1.54) is 0 Å². The van der Waals surface area contributed by atoms with Gasteiger partial charge < -0.3 is 4.74 Å². The number of rotatable bonds is 2. The van der Waals surface area contributed by atoms with Crippen molar-refractivity contribution < 1.29 is 14.3 Å². The summed E-state index contributed by atoms with van der Waals surface area (Å²) in [5, 5.41) is 0. The fraction of sp³-hybridized carbons (Fsp3) is 0.556. The van der Waals surface area contributed by atoms with E-state index in [0.717, 1.165) is 0 Å². The predicted octanol–water partition coefficient (Wildman–Crippen LogP) is 3.47. The fourth-order valence-electron chi connectivity index (χ4n) is 2.73. The summed E-state index contributed by atoms with van der Waals surface area (Å²) >= 11 is 0. The molecule has 0 saturated carbocycles. The SMILES string of the molecule is CC(C)C1(C)C(=O)OC(C(C)(C)C)N1C(=O)c1ccccc1. The number of carbonyl (C=O) groups excluding carboxylic acids is 2. The van der Waals surface area contributed by atoms with E-state index in [1.54, 1.807) is 24.0 Å². The van der Waals surface area contributed by atoms with E-state index >= 15 is 0 Å². The number of esters is 1. The van der Waals surface area contributed by atoms with E-state index in [4.69, 9.17) is 4.74 Å². The van der Waals surface area contributed by atoms with E-state index in [0.29, 0.717) is 5.56 Å². The van der Waals surface area contributed by atoms with Crippen LogP contribution in [-0.2, 0) is 9.53 Å². The lowest BCUT2D eigenvalue weighted by molar-refractivity contribution is -0.149. The molecule has 22 heavy (non-hydrogen) atoms. The maximum Gasteiger partial charge on any atom is 0.334 e. The highest BCUT2D eigenvalue weighted by Gasteiger charge is 2.58. The first-order chi connectivity index (χ1) is 10.1. The van der Waals surface area contributed by atoms with Crippen LogP contribution in [-0.4, -0.2) is 28.5 Å². The summed E-state index contributed by atoms with van der Waals surface area (Å²) in [6.45, 7) is 11.6. The number of carbonyl (C=O) groups is 2. The summed E-state index contributed by atoms with van der Waals surface area (Å²) in [5.74, 6) is -0.533. The van der Waals surface area contributed by atoms with Crippen molar-refractivity contribution in [1.29, 1.82) is 0 Å². The molecule has 1 aliphatic rings. The van der Waals surface area contributed by atoms with Crippen LogP contribution in [0.2, 0.25) is 0 Å². The second-order valence-electron chi connectivity index (χ2n) is 7.47. The monoisotopic (exact) mass is 303 g/mol. The molecule has 0 radical (unpaired) electrons. The normalized spacial score (nSPS) is 25.5. The number of amides is 1. The molecule has 1 fully saturated rings. The maximum absolute atomic E-state index is 13.1. The van der Waals surface area contributed by atoms with E-state index in [1.807, 2.05) is 52.8 Å². The number of hydrogen-bond acceptors (Lipinski definition) is 3. The van der Waals surface area contributed by atoms with Crippen LogP contribution in [0.4, 0.5) is 0 Å². The molecule has 1 heterocycles. The quantitative estimate of drug-likeness (QED) is 0.786. The van der Waals surface area contributed by atoms with Crippen LogP contribution in [0.25, 0.3) is 0 Å². The molecule has 0 bridgehead atoms. The molecular formula is C18H25NO3. The Morgan fingerprint density at radius 3 is 2.23 bits per heavy atom. The van der Waals surface area contributed by atoms with Crippen LogP contribution < -0.4 is 0 Å². The van der Waals surface area contributed by atoms with Crippen molar-refractivity contribution in [3.8, 4) is 0 Å². The van der Waals surface area contributed by atoms with Gasteiger partial charge >= 0.3 is 5.97 Å². The molecule has 1 aromatic carbocycles. The summed E-state index contributed by atoms with van der Waals surface area (Å²) < 4.78 is 5.62. The number of ether oxygens (including phenoxy) is 1. The molecule has 120 valence electrons. The Hall–Kier alpha value is -1.84. The molecular weight excluding hydrogens is 278 g/mol. The fourth-order valence-corrected chi connectivity index (χ4v) is 2.73. The minimum Gasteiger partial charge on any atom is -0.439 e. The van der Waals surface area contributed by atoms with Gasteiger partial charge in [0.15, 0.2) is 6.23 Å². The van der Waals surface area contributed by atoms with E-state index in [-0.39, 0.29) is 23.2 Å². The van der Waals surface area contributed by atoms with Gasteiger partial charge in [-0.2, -0.15) is 0 Å². The van der Waals surface area contributed by atoms with Gasteiger partial charge in [-0.1, -0.05) is 52.8 Å². The Balaban J connectivity index is 2.54. The summed E-state index contributed by atoms with van der Waals surface area (Å²) in [4.78, 5) is 27.2. The Kier molecular flexibility index (Phi) is 4.07. The van der Waals surface area contributed by atoms with Gasteiger partial charge in [0.2, 0.25) is 0 Å². The molecule has 4 heteroatoms. The van der Waals surface area contributed by atoms with Crippen LogP contribution in [0.3, 0.4) is 0 Å². The number of nitrogens with zero attached hydrogens (tertiary/aromatic N) is 1. The predicted molar refractivity (Wildman–Crippen MR) is 85.2 cm³/mol. The van der Waals surface area contributed by atoms with Crippen LogP contribution >= 0.6 is 0 Å². The Morgan fingerprint density at radius 2 is 1.77 bits per heavy atom. The topological polar surface area (TPSA) is 46.6 Å². The Morgan fingerprint density at radius 1 is 1.23 bits per heavy atom. The van der Waals surface area contributed by atoms with Crippen LogP contribution in [0.1, 0.15) is 51.9 Å². The highest BCUT2D eigenvalue weighted by atomic mass is 16.6. The van der Waals surface area contributed by atoms with Crippen LogP contribution in [0, 0.1) is 11.3 Å². The molecule has 0 N–H and O–H groups in total. The third-order valence-corrected chi connectivity index (χ3v) is 4.47. The second-order valence-corrected chi connectivity index (χ2v) is 7.47. The highest BCUT2D eigenvalue weighted by Crippen LogP contribution is 2.42. The lowest BCUT2D eigenvalue weighted by Crippen LogP contribution is -2.57. The minimum absolute atomic E-state index is 0.0417. The largest absolute Gasteiger partial charge is 0.439 e. The van der Waals surface area contributed by atoms with Gasteiger partial charge in [0.1, 0.15) is 5.54 Å². The number of benzene rings is 1. The zero-order valence-electron chi connectivity index (χ0n) is 14.2. The summed E-state index contributed by atoms with van der Waals surface area (Å²) in [5.41, 5.74) is -0.737. The first-order valence-corrected chi connectivity index (χ1v) is 7.70. The van der Waals surface area contributed by atoms with Crippen molar-refractivity contribution in [2.24, 2.45) is 11.3 Å². The summed E-state index contributed by atoms with van der Waals surface area (Å²) in [7, 11) is 0. The van der Waals surface area contributed by atoms with Crippen molar-refractivity contribution >= 4 is 11.9 Å². The first-order valence-electron chi connectivity index (χ1n) is 7.70. The van der Waals surface area contributed by atoms with Gasteiger partial charge in [-0.15, -0.1) is 0 Å². The molecule has 1 saturated heterocycles. The molecule has 0 aliphatic carbocycles. The van der Waals surface area contributed by atoms with Crippen molar-refractivity contribution in [1.82, 2.24) is 4.90 Å². The van der Waals surface area contributed by atoms with Gasteiger partial charge in [-0.05, 0) is 25.0 Å². The minimum atomic E-state index is -0.954. The van der Waals surface area contributed by atoms with Crippen LogP contribution in [0.15, 0.2) is 30.3 Å². The lowest BCUT2D eigenvalue weighted by Gasteiger charge is -2.40. The molecule has 2 unspecified atom stereocenters. The van der Waals surface area contributed by atoms with Crippen molar-refractivity contribution in [2.45, 2.75) is 53.3 Å². The number of hydrogen-bond donors (Lipinski definition) is 0. The van der Waals surface area contributed by atoms with Crippen molar-refractivity contribution in [3.05, 3.63) is 35.9 Å². The Bertz CT molecular complexity index is 574. The van der Waals surface area contributed by atoms with Crippen LogP contribution in [0.5, 0.6) is 0 Å². The zero-order chi connectivity index (χ0) is 16.7. The molecule has 4 nitrogen and oxygen atoms in total. The molecule has 0 aromatic heterocycles. The molecule has 0 spiro atoms.